The quantitative estimate of drug-likeness (QED) is 0.528. The van der Waals surface area contributed by atoms with Crippen LogP contribution in [0, 0.1) is 0 Å². The van der Waals surface area contributed by atoms with E-state index in [1.807, 2.05) is 6.92 Å². The molecule has 2 heteroatoms. The fraction of sp³-hybridized carbons (Fsp3) is 0.250. The first-order valence-electron chi connectivity index (χ1n) is 9.59. The molecule has 0 amide bonds. The van der Waals surface area contributed by atoms with Crippen molar-refractivity contribution < 1.29 is 4.74 Å². The monoisotopic (exact) mass is 364 g/mol. The van der Waals surface area contributed by atoms with E-state index in [-0.39, 0.29) is 0 Å². The van der Waals surface area contributed by atoms with Gasteiger partial charge in [-0.2, -0.15) is 0 Å². The molecule has 3 aromatic rings. The molecule has 0 aliphatic carbocycles. The Bertz CT molecular complexity index is 759. The van der Waals surface area contributed by atoms with Crippen LogP contribution in [0.25, 0.3) is 0 Å². The first-order valence-corrected chi connectivity index (χ1v) is 11.8. The van der Waals surface area contributed by atoms with Crippen LogP contribution in [0.1, 0.15) is 25.8 Å². The van der Waals surface area contributed by atoms with E-state index in [2.05, 4.69) is 91.9 Å². The number of ether oxygens (including phenoxy) is 1. The molecule has 26 heavy (non-hydrogen) atoms. The molecular weight excluding hydrogens is 335 g/mol. The maximum atomic E-state index is 5.67. The molecule has 0 N–H and O–H groups in total. The van der Waals surface area contributed by atoms with Crippen molar-refractivity contribution in [3.8, 4) is 0 Å². The molecule has 3 aromatic carbocycles. The third-order valence-electron chi connectivity index (χ3n) is 5.05. The van der Waals surface area contributed by atoms with Gasteiger partial charge >= 0.3 is 158 Å². The van der Waals surface area contributed by atoms with E-state index < -0.39 is 7.26 Å². The van der Waals surface area contributed by atoms with Gasteiger partial charge in [-0.15, -0.1) is 0 Å². The summed E-state index contributed by atoms with van der Waals surface area (Å²) in [6, 6.07) is 31.3. The molecule has 0 spiro atoms. The summed E-state index contributed by atoms with van der Waals surface area (Å²) in [5, 5.41) is 4.46. The summed E-state index contributed by atoms with van der Waals surface area (Å²) < 4.78 is 5.67. The van der Waals surface area contributed by atoms with Crippen molar-refractivity contribution in [3.05, 3.63) is 90.5 Å². The Morgan fingerprint density at radius 3 is 1.81 bits per heavy atom. The fourth-order valence-corrected chi connectivity index (χ4v) is 8.85. The zero-order valence-corrected chi connectivity index (χ0v) is 16.8. The molecule has 0 aliphatic heterocycles. The molecule has 0 bridgehead atoms. The summed E-state index contributed by atoms with van der Waals surface area (Å²) in [6.07, 6.45) is 2.38. The summed E-state index contributed by atoms with van der Waals surface area (Å²) >= 11 is 0. The Balaban J connectivity index is 2.20. The standard InChI is InChI=1S/C24H29OP/c1-3-18-26(22-13-7-5-8-14-22,23-15-9-6-10-16-23)24-17-11-12-21(19-24)20-25-4-2/h5-17,19,26H,3-4,18,20H2,1-2H3. The Morgan fingerprint density at radius 1 is 0.692 bits per heavy atom. The van der Waals surface area contributed by atoms with E-state index in [9.17, 15) is 0 Å². The van der Waals surface area contributed by atoms with Crippen LogP contribution in [0.15, 0.2) is 84.9 Å². The van der Waals surface area contributed by atoms with Crippen molar-refractivity contribution in [2.75, 3.05) is 12.8 Å². The van der Waals surface area contributed by atoms with E-state index in [1.54, 1.807) is 0 Å². The summed E-state index contributed by atoms with van der Waals surface area (Å²) in [6.45, 7) is 5.79. The van der Waals surface area contributed by atoms with E-state index in [0.717, 1.165) is 6.61 Å². The van der Waals surface area contributed by atoms with Gasteiger partial charge in [0.15, 0.2) is 0 Å². The molecule has 0 fully saturated rings. The first-order chi connectivity index (χ1) is 12.8. The molecule has 136 valence electrons. The predicted molar refractivity (Wildman–Crippen MR) is 117 cm³/mol. The Hall–Kier alpha value is -1.95. The van der Waals surface area contributed by atoms with Crippen LogP contribution in [0.5, 0.6) is 0 Å². The van der Waals surface area contributed by atoms with Crippen molar-refractivity contribution in [2.24, 2.45) is 0 Å². The Labute approximate surface area is 158 Å². The number of rotatable bonds is 8. The second-order valence-electron chi connectivity index (χ2n) is 6.72. The van der Waals surface area contributed by atoms with Gasteiger partial charge in [-0.3, -0.25) is 0 Å². The molecule has 0 radical (unpaired) electrons. The molecule has 0 unspecified atom stereocenters. The van der Waals surface area contributed by atoms with E-state index in [4.69, 9.17) is 4.74 Å². The molecule has 0 heterocycles. The van der Waals surface area contributed by atoms with Crippen LogP contribution in [0.4, 0.5) is 0 Å². The van der Waals surface area contributed by atoms with E-state index >= 15 is 0 Å². The molecule has 3 rings (SSSR count). The van der Waals surface area contributed by atoms with Gasteiger partial charge in [0.25, 0.3) is 0 Å². The summed E-state index contributed by atoms with van der Waals surface area (Å²) in [4.78, 5) is 0. The van der Waals surface area contributed by atoms with Gasteiger partial charge in [0.05, 0.1) is 0 Å². The molecule has 0 aromatic heterocycles. The summed E-state index contributed by atoms with van der Waals surface area (Å²) in [5.41, 5.74) is 1.27. The summed E-state index contributed by atoms with van der Waals surface area (Å²) in [5.74, 6) is 0. The van der Waals surface area contributed by atoms with E-state index in [0.29, 0.717) is 6.61 Å². The maximum absolute atomic E-state index is 5.67. The molecule has 0 atom stereocenters. The van der Waals surface area contributed by atoms with Crippen molar-refractivity contribution in [3.63, 3.8) is 0 Å². The van der Waals surface area contributed by atoms with Gasteiger partial charge in [0, 0.05) is 0 Å². The van der Waals surface area contributed by atoms with Gasteiger partial charge in [-0.25, -0.2) is 0 Å². The molecular formula is C24H29OP. The predicted octanol–water partition coefficient (Wildman–Crippen LogP) is 4.66. The van der Waals surface area contributed by atoms with Crippen LogP contribution in [-0.2, 0) is 11.3 Å². The average molecular weight is 364 g/mol. The number of hydrogen-bond acceptors (Lipinski definition) is 1. The third-order valence-corrected chi connectivity index (χ3v) is 10.2. The second-order valence-corrected chi connectivity index (χ2v) is 10.8. The van der Waals surface area contributed by atoms with Crippen molar-refractivity contribution in [1.82, 2.24) is 0 Å². The van der Waals surface area contributed by atoms with Crippen molar-refractivity contribution in [1.29, 1.82) is 0 Å². The topological polar surface area (TPSA) is 9.23 Å². The normalized spacial score (nSPS) is 12.1. The van der Waals surface area contributed by atoms with Crippen LogP contribution >= 0.6 is 7.26 Å². The minimum atomic E-state index is -2.05. The summed E-state index contributed by atoms with van der Waals surface area (Å²) in [7, 11) is -2.05. The van der Waals surface area contributed by atoms with Gasteiger partial charge in [0.2, 0.25) is 0 Å². The van der Waals surface area contributed by atoms with E-state index in [1.165, 1.54) is 34.1 Å². The molecule has 1 nitrogen and oxygen atoms in total. The van der Waals surface area contributed by atoms with Crippen molar-refractivity contribution >= 4 is 23.2 Å². The van der Waals surface area contributed by atoms with Gasteiger partial charge in [-0.05, 0) is 0 Å². The number of benzene rings is 3. The molecule has 0 saturated heterocycles. The van der Waals surface area contributed by atoms with Gasteiger partial charge < -0.3 is 0 Å². The minimum absolute atomic E-state index is 0.685. The Kier molecular flexibility index (Phi) is 6.61. The third kappa shape index (κ3) is 3.90. The van der Waals surface area contributed by atoms with Crippen LogP contribution < -0.4 is 15.9 Å². The fourth-order valence-electron chi connectivity index (χ4n) is 3.90. The van der Waals surface area contributed by atoms with Crippen LogP contribution in [0.3, 0.4) is 0 Å². The van der Waals surface area contributed by atoms with Crippen LogP contribution in [-0.4, -0.2) is 12.8 Å². The van der Waals surface area contributed by atoms with Crippen LogP contribution in [0.2, 0.25) is 0 Å². The van der Waals surface area contributed by atoms with Gasteiger partial charge in [-0.1, -0.05) is 0 Å². The second kappa shape index (κ2) is 9.12. The zero-order chi connectivity index (χ0) is 18.2. The average Bonchev–Trinajstić information content (AvgIpc) is 2.72. The SMILES string of the molecule is CCC[PH](c1ccccc1)(c1ccccc1)c1cccc(COCC)c1. The number of hydrogen-bond donors (Lipinski definition) is 0. The molecule has 0 saturated carbocycles. The zero-order valence-electron chi connectivity index (χ0n) is 15.8. The van der Waals surface area contributed by atoms with Crippen molar-refractivity contribution in [2.45, 2.75) is 26.9 Å². The molecule has 0 aliphatic rings. The Morgan fingerprint density at radius 2 is 1.27 bits per heavy atom. The first kappa shape index (κ1) is 18.8. The van der Waals surface area contributed by atoms with Gasteiger partial charge in [0.1, 0.15) is 0 Å².